The highest BCUT2D eigenvalue weighted by molar-refractivity contribution is 5.90. The molecule has 0 bridgehead atoms. The summed E-state index contributed by atoms with van der Waals surface area (Å²) in [6.45, 7) is 1.90. The Morgan fingerprint density at radius 3 is 2.52 bits per heavy atom. The summed E-state index contributed by atoms with van der Waals surface area (Å²) in [5, 5.41) is 8.24. The zero-order valence-electron chi connectivity index (χ0n) is 17.3. The smallest absolute Gasteiger partial charge is 0.225 e. The summed E-state index contributed by atoms with van der Waals surface area (Å²) >= 11 is 0. The second kappa shape index (κ2) is 9.18. The SMILES string of the molecule is CN(C)c1nc(N[C@H]2CC[C@@H](CNCc3ccccn3)CC2)nc2ccccc12. The first-order valence-electron chi connectivity index (χ1n) is 10.5. The first-order valence-corrected chi connectivity index (χ1v) is 10.5. The van der Waals surface area contributed by atoms with Crippen LogP contribution in [0.25, 0.3) is 10.9 Å². The van der Waals surface area contributed by atoms with Gasteiger partial charge in [-0.3, -0.25) is 4.98 Å². The molecule has 2 N–H and O–H groups in total. The fourth-order valence-electron chi connectivity index (χ4n) is 4.07. The van der Waals surface area contributed by atoms with E-state index in [0.29, 0.717) is 6.04 Å². The fraction of sp³-hybridized carbons (Fsp3) is 0.435. The summed E-state index contributed by atoms with van der Waals surface area (Å²) in [6.07, 6.45) is 6.61. The van der Waals surface area contributed by atoms with E-state index in [2.05, 4.69) is 38.7 Å². The van der Waals surface area contributed by atoms with E-state index < -0.39 is 0 Å². The van der Waals surface area contributed by atoms with Gasteiger partial charge in [0.1, 0.15) is 5.82 Å². The van der Waals surface area contributed by atoms with Gasteiger partial charge < -0.3 is 15.5 Å². The number of fused-ring (bicyclic) bond motifs is 1. The summed E-state index contributed by atoms with van der Waals surface area (Å²) in [6, 6.07) is 14.7. The number of nitrogens with zero attached hydrogens (tertiary/aromatic N) is 4. The molecule has 1 saturated carbocycles. The monoisotopic (exact) mass is 390 g/mol. The van der Waals surface area contributed by atoms with Gasteiger partial charge in [-0.1, -0.05) is 18.2 Å². The summed E-state index contributed by atoms with van der Waals surface area (Å²) in [5.74, 6) is 2.43. The molecule has 6 nitrogen and oxygen atoms in total. The van der Waals surface area contributed by atoms with Gasteiger partial charge in [-0.05, 0) is 62.4 Å². The molecule has 0 amide bonds. The average Bonchev–Trinajstić information content (AvgIpc) is 2.75. The van der Waals surface area contributed by atoms with E-state index in [0.717, 1.165) is 60.2 Å². The van der Waals surface area contributed by atoms with Gasteiger partial charge in [-0.25, -0.2) is 4.98 Å². The lowest BCUT2D eigenvalue weighted by atomic mass is 9.86. The van der Waals surface area contributed by atoms with E-state index in [-0.39, 0.29) is 0 Å². The van der Waals surface area contributed by atoms with Gasteiger partial charge in [0.25, 0.3) is 0 Å². The molecule has 1 aliphatic carbocycles. The molecule has 29 heavy (non-hydrogen) atoms. The van der Waals surface area contributed by atoms with E-state index in [1.807, 2.05) is 44.6 Å². The normalized spacial score (nSPS) is 19.2. The Labute approximate surface area is 172 Å². The van der Waals surface area contributed by atoms with Crippen LogP contribution in [0.5, 0.6) is 0 Å². The maximum Gasteiger partial charge on any atom is 0.225 e. The Balaban J connectivity index is 1.30. The second-order valence-corrected chi connectivity index (χ2v) is 8.10. The number of hydrogen-bond donors (Lipinski definition) is 2. The molecule has 2 aromatic heterocycles. The zero-order chi connectivity index (χ0) is 20.1. The predicted molar refractivity (Wildman–Crippen MR) is 119 cm³/mol. The van der Waals surface area contributed by atoms with Gasteiger partial charge in [-0.2, -0.15) is 4.98 Å². The third kappa shape index (κ3) is 5.01. The van der Waals surface area contributed by atoms with Gasteiger partial charge in [0.05, 0.1) is 11.2 Å². The van der Waals surface area contributed by atoms with Crippen LogP contribution in [0.4, 0.5) is 11.8 Å². The summed E-state index contributed by atoms with van der Waals surface area (Å²) in [4.78, 5) is 16.0. The van der Waals surface area contributed by atoms with Crippen LogP contribution < -0.4 is 15.5 Å². The van der Waals surface area contributed by atoms with Gasteiger partial charge in [0.15, 0.2) is 0 Å². The van der Waals surface area contributed by atoms with Crippen LogP contribution in [0.15, 0.2) is 48.7 Å². The van der Waals surface area contributed by atoms with Crippen molar-refractivity contribution in [1.82, 2.24) is 20.3 Å². The number of benzene rings is 1. The number of para-hydroxylation sites is 1. The molecule has 0 unspecified atom stereocenters. The number of hydrogen-bond acceptors (Lipinski definition) is 6. The topological polar surface area (TPSA) is 66.0 Å². The highest BCUT2D eigenvalue weighted by Gasteiger charge is 2.22. The molecule has 1 aromatic carbocycles. The lowest BCUT2D eigenvalue weighted by Crippen LogP contribution is -2.31. The predicted octanol–water partition coefficient (Wildman–Crippen LogP) is 3.85. The van der Waals surface area contributed by atoms with Crippen molar-refractivity contribution in [3.63, 3.8) is 0 Å². The Kier molecular flexibility index (Phi) is 6.20. The third-order valence-corrected chi connectivity index (χ3v) is 5.65. The average molecular weight is 391 g/mol. The highest BCUT2D eigenvalue weighted by atomic mass is 15.2. The van der Waals surface area contributed by atoms with Gasteiger partial charge >= 0.3 is 0 Å². The van der Waals surface area contributed by atoms with Crippen LogP contribution in [0.3, 0.4) is 0 Å². The number of pyridine rings is 1. The Morgan fingerprint density at radius 2 is 1.76 bits per heavy atom. The van der Waals surface area contributed by atoms with Gasteiger partial charge in [0, 0.05) is 38.3 Å². The molecule has 2 heterocycles. The first kappa shape index (κ1) is 19.6. The van der Waals surface area contributed by atoms with Crippen molar-refractivity contribution >= 4 is 22.7 Å². The lowest BCUT2D eigenvalue weighted by molar-refractivity contribution is 0.323. The van der Waals surface area contributed by atoms with E-state index in [1.54, 1.807) is 0 Å². The fourth-order valence-corrected chi connectivity index (χ4v) is 4.07. The van der Waals surface area contributed by atoms with Crippen LogP contribution in [0, 0.1) is 5.92 Å². The van der Waals surface area contributed by atoms with Crippen molar-refractivity contribution in [3.05, 3.63) is 54.4 Å². The maximum absolute atomic E-state index is 4.78. The van der Waals surface area contributed by atoms with Crippen molar-refractivity contribution in [3.8, 4) is 0 Å². The number of aromatic nitrogens is 3. The molecule has 4 rings (SSSR count). The minimum absolute atomic E-state index is 0.443. The molecule has 6 heteroatoms. The lowest BCUT2D eigenvalue weighted by Gasteiger charge is -2.29. The van der Waals surface area contributed by atoms with Crippen molar-refractivity contribution < 1.29 is 0 Å². The van der Waals surface area contributed by atoms with Crippen LogP contribution in [-0.4, -0.2) is 41.6 Å². The standard InChI is InChI=1S/C23H30N6/c1-29(2)22-20-8-3-4-9-21(20)27-23(28-22)26-18-12-10-17(11-13-18)15-24-16-19-7-5-6-14-25-19/h3-9,14,17-18,24H,10-13,15-16H2,1-2H3,(H,26,27,28)/t17-,18+. The number of anilines is 2. The maximum atomic E-state index is 4.78. The summed E-state index contributed by atoms with van der Waals surface area (Å²) < 4.78 is 0. The molecule has 3 aromatic rings. The van der Waals surface area contributed by atoms with Crippen molar-refractivity contribution in [1.29, 1.82) is 0 Å². The molecule has 0 aliphatic heterocycles. The van der Waals surface area contributed by atoms with Crippen LogP contribution in [0.1, 0.15) is 31.4 Å². The third-order valence-electron chi connectivity index (χ3n) is 5.65. The molecule has 1 aliphatic rings. The molecule has 0 radical (unpaired) electrons. The van der Waals surface area contributed by atoms with Crippen LogP contribution in [-0.2, 0) is 6.54 Å². The molecule has 1 fully saturated rings. The molecule has 0 saturated heterocycles. The van der Waals surface area contributed by atoms with Crippen molar-refractivity contribution in [2.45, 2.75) is 38.3 Å². The number of rotatable bonds is 7. The molecular formula is C23H30N6. The molecule has 152 valence electrons. The first-order chi connectivity index (χ1) is 14.2. The van der Waals surface area contributed by atoms with Crippen molar-refractivity contribution in [2.24, 2.45) is 5.92 Å². The minimum atomic E-state index is 0.443. The van der Waals surface area contributed by atoms with E-state index in [9.17, 15) is 0 Å². The Bertz CT molecular complexity index is 919. The number of nitrogens with one attached hydrogen (secondary N) is 2. The largest absolute Gasteiger partial charge is 0.362 e. The van der Waals surface area contributed by atoms with E-state index in [1.165, 1.54) is 12.8 Å². The summed E-state index contributed by atoms with van der Waals surface area (Å²) in [7, 11) is 4.06. The van der Waals surface area contributed by atoms with Crippen LogP contribution in [0.2, 0.25) is 0 Å². The summed E-state index contributed by atoms with van der Waals surface area (Å²) in [5.41, 5.74) is 2.09. The van der Waals surface area contributed by atoms with Crippen molar-refractivity contribution in [2.75, 3.05) is 30.9 Å². The molecular weight excluding hydrogens is 360 g/mol. The molecule has 0 spiro atoms. The molecule has 0 atom stereocenters. The second-order valence-electron chi connectivity index (χ2n) is 8.10. The Hall–Kier alpha value is -2.73. The van der Waals surface area contributed by atoms with Gasteiger partial charge in [-0.15, -0.1) is 0 Å². The van der Waals surface area contributed by atoms with E-state index in [4.69, 9.17) is 9.97 Å². The van der Waals surface area contributed by atoms with Gasteiger partial charge in [0.2, 0.25) is 5.95 Å². The van der Waals surface area contributed by atoms with Crippen LogP contribution >= 0.6 is 0 Å². The quantitative estimate of drug-likeness (QED) is 0.639. The Morgan fingerprint density at radius 1 is 0.966 bits per heavy atom. The highest BCUT2D eigenvalue weighted by Crippen LogP contribution is 2.28. The minimum Gasteiger partial charge on any atom is -0.362 e. The zero-order valence-corrected chi connectivity index (χ0v) is 17.3. The van der Waals surface area contributed by atoms with E-state index >= 15 is 0 Å².